The van der Waals surface area contributed by atoms with Gasteiger partial charge in [-0.05, 0) is 24.7 Å². The normalized spacial score (nSPS) is 26.6. The molecule has 1 saturated heterocycles. The molecule has 1 rings (SSSR count). The third kappa shape index (κ3) is 3.93. The summed E-state index contributed by atoms with van der Waals surface area (Å²) in [6.07, 6.45) is -0.0265. The van der Waals surface area contributed by atoms with Crippen LogP contribution in [0.25, 0.3) is 0 Å². The van der Waals surface area contributed by atoms with Crippen LogP contribution in [-0.4, -0.2) is 34.2 Å². The minimum atomic E-state index is -0.890. The number of aliphatic hydroxyl groups is 1. The van der Waals surface area contributed by atoms with Crippen molar-refractivity contribution in [2.45, 2.75) is 52.7 Å². The minimum absolute atomic E-state index is 0.0320. The minimum Gasteiger partial charge on any atom is -0.481 e. The van der Waals surface area contributed by atoms with E-state index in [1.54, 1.807) is 0 Å². The van der Waals surface area contributed by atoms with Gasteiger partial charge in [-0.15, -0.1) is 0 Å². The first-order chi connectivity index (χ1) is 8.73. The number of aliphatic carboxylic acids is 1. The monoisotopic (exact) mass is 271 g/mol. The third-order valence-corrected chi connectivity index (χ3v) is 4.06. The maximum absolute atomic E-state index is 11.7. The van der Waals surface area contributed by atoms with E-state index < -0.39 is 18.0 Å². The van der Waals surface area contributed by atoms with Gasteiger partial charge >= 0.3 is 5.97 Å². The number of carboxylic acid groups (broad SMARTS) is 1. The van der Waals surface area contributed by atoms with Crippen LogP contribution in [0.15, 0.2) is 0 Å². The molecule has 1 aliphatic heterocycles. The Morgan fingerprint density at radius 1 is 1.37 bits per heavy atom. The van der Waals surface area contributed by atoms with Crippen molar-refractivity contribution in [2.24, 2.45) is 23.7 Å². The van der Waals surface area contributed by atoms with E-state index >= 15 is 0 Å². The first-order valence-electron chi connectivity index (χ1n) is 6.95. The molecule has 1 amide bonds. The molecule has 0 saturated carbocycles. The zero-order valence-corrected chi connectivity index (χ0v) is 12.1. The van der Waals surface area contributed by atoms with Crippen LogP contribution in [0.3, 0.4) is 0 Å². The average Bonchev–Trinajstić information content (AvgIpc) is 2.67. The predicted molar refractivity (Wildman–Crippen MR) is 71.5 cm³/mol. The number of carbonyl (C=O) groups excluding carboxylic acids is 1. The van der Waals surface area contributed by atoms with Crippen LogP contribution in [0.5, 0.6) is 0 Å². The van der Waals surface area contributed by atoms with Crippen LogP contribution in [0, 0.1) is 23.7 Å². The standard InChI is InChI=1S/C14H25NO4/c1-7(2)9-5-11(15-13(9)17)12(16)6-10(8(3)4)14(18)19/h7-12,16H,5-6H2,1-4H3,(H,15,17)(H,18,19)/t9-,10-,11-,12-/m0/s1. The summed E-state index contributed by atoms with van der Waals surface area (Å²) < 4.78 is 0. The van der Waals surface area contributed by atoms with Gasteiger partial charge in [-0.3, -0.25) is 9.59 Å². The molecule has 4 atom stereocenters. The molecule has 110 valence electrons. The number of rotatable bonds is 6. The molecule has 0 unspecified atom stereocenters. The van der Waals surface area contributed by atoms with E-state index in [2.05, 4.69) is 5.32 Å². The summed E-state index contributed by atoms with van der Waals surface area (Å²) in [6.45, 7) is 7.62. The fraction of sp³-hybridized carbons (Fsp3) is 0.857. The van der Waals surface area contributed by atoms with Crippen LogP contribution in [-0.2, 0) is 9.59 Å². The first-order valence-corrected chi connectivity index (χ1v) is 6.95. The lowest BCUT2D eigenvalue weighted by Gasteiger charge is -2.24. The molecule has 1 heterocycles. The van der Waals surface area contributed by atoms with Crippen molar-refractivity contribution in [1.29, 1.82) is 0 Å². The molecule has 0 aromatic carbocycles. The molecular weight excluding hydrogens is 246 g/mol. The number of nitrogens with one attached hydrogen (secondary N) is 1. The van der Waals surface area contributed by atoms with Crippen molar-refractivity contribution in [3.63, 3.8) is 0 Å². The highest BCUT2D eigenvalue weighted by molar-refractivity contribution is 5.81. The van der Waals surface area contributed by atoms with Crippen LogP contribution in [0.1, 0.15) is 40.5 Å². The van der Waals surface area contributed by atoms with Gasteiger partial charge in [0.1, 0.15) is 0 Å². The summed E-state index contributed by atoms with van der Waals surface area (Å²) in [6, 6.07) is -0.319. The van der Waals surface area contributed by atoms with Gasteiger partial charge in [0.05, 0.1) is 18.1 Å². The van der Waals surface area contributed by atoms with E-state index in [-0.39, 0.29) is 36.1 Å². The van der Waals surface area contributed by atoms with E-state index in [0.717, 1.165) is 0 Å². The smallest absolute Gasteiger partial charge is 0.306 e. The van der Waals surface area contributed by atoms with Gasteiger partial charge in [-0.2, -0.15) is 0 Å². The van der Waals surface area contributed by atoms with Crippen molar-refractivity contribution in [3.05, 3.63) is 0 Å². The largest absolute Gasteiger partial charge is 0.481 e. The molecule has 5 heteroatoms. The second kappa shape index (κ2) is 6.37. The molecule has 19 heavy (non-hydrogen) atoms. The lowest BCUT2D eigenvalue weighted by atomic mass is 9.86. The number of hydrogen-bond acceptors (Lipinski definition) is 3. The Morgan fingerprint density at radius 3 is 2.32 bits per heavy atom. The Balaban J connectivity index is 2.62. The van der Waals surface area contributed by atoms with E-state index in [4.69, 9.17) is 5.11 Å². The van der Waals surface area contributed by atoms with E-state index in [9.17, 15) is 14.7 Å². The summed E-state index contributed by atoms with van der Waals surface area (Å²) in [5, 5.41) is 22.1. The van der Waals surface area contributed by atoms with Crippen LogP contribution in [0.2, 0.25) is 0 Å². The van der Waals surface area contributed by atoms with Gasteiger partial charge in [0, 0.05) is 5.92 Å². The molecule has 0 aromatic heterocycles. The lowest BCUT2D eigenvalue weighted by molar-refractivity contribution is -0.144. The van der Waals surface area contributed by atoms with Gasteiger partial charge < -0.3 is 15.5 Å². The van der Waals surface area contributed by atoms with Crippen molar-refractivity contribution in [1.82, 2.24) is 5.32 Å². The van der Waals surface area contributed by atoms with Crippen LogP contribution < -0.4 is 5.32 Å². The molecule has 0 radical (unpaired) electrons. The molecule has 0 bridgehead atoms. The van der Waals surface area contributed by atoms with Gasteiger partial charge in [-0.1, -0.05) is 27.7 Å². The molecule has 1 aliphatic rings. The van der Waals surface area contributed by atoms with E-state index in [1.807, 2.05) is 27.7 Å². The summed E-state index contributed by atoms with van der Waals surface area (Å²) in [5.41, 5.74) is 0. The summed E-state index contributed by atoms with van der Waals surface area (Å²) in [5.74, 6) is -1.39. The third-order valence-electron chi connectivity index (χ3n) is 4.06. The van der Waals surface area contributed by atoms with Gasteiger partial charge in [0.15, 0.2) is 0 Å². The van der Waals surface area contributed by atoms with E-state index in [0.29, 0.717) is 6.42 Å². The number of carboxylic acids is 1. The Bertz CT molecular complexity index is 340. The molecular formula is C14H25NO4. The van der Waals surface area contributed by atoms with Crippen molar-refractivity contribution >= 4 is 11.9 Å². The fourth-order valence-electron chi connectivity index (χ4n) is 2.64. The number of carbonyl (C=O) groups is 2. The number of amides is 1. The second-order valence-electron chi connectivity index (χ2n) is 6.19. The zero-order valence-electron chi connectivity index (χ0n) is 12.1. The highest BCUT2D eigenvalue weighted by atomic mass is 16.4. The van der Waals surface area contributed by atoms with Crippen LogP contribution >= 0.6 is 0 Å². The lowest BCUT2D eigenvalue weighted by Crippen LogP contribution is -2.39. The Hall–Kier alpha value is -1.10. The first kappa shape index (κ1) is 16.0. The molecule has 0 spiro atoms. The average molecular weight is 271 g/mol. The van der Waals surface area contributed by atoms with Crippen LogP contribution in [0.4, 0.5) is 0 Å². The number of aliphatic hydroxyl groups excluding tert-OH is 1. The summed E-state index contributed by atoms with van der Waals surface area (Å²) >= 11 is 0. The summed E-state index contributed by atoms with van der Waals surface area (Å²) in [4.78, 5) is 22.9. The maximum atomic E-state index is 11.7. The fourth-order valence-corrected chi connectivity index (χ4v) is 2.64. The highest BCUT2D eigenvalue weighted by Gasteiger charge is 2.39. The molecule has 0 aromatic rings. The summed E-state index contributed by atoms with van der Waals surface area (Å²) in [7, 11) is 0. The predicted octanol–water partition coefficient (Wildman–Crippen LogP) is 1.25. The van der Waals surface area contributed by atoms with Gasteiger partial charge in [0.25, 0.3) is 0 Å². The quantitative estimate of drug-likeness (QED) is 0.678. The topological polar surface area (TPSA) is 86.6 Å². The van der Waals surface area contributed by atoms with E-state index in [1.165, 1.54) is 0 Å². The molecule has 3 N–H and O–H groups in total. The zero-order chi connectivity index (χ0) is 14.7. The molecule has 1 fully saturated rings. The van der Waals surface area contributed by atoms with Crippen molar-refractivity contribution in [2.75, 3.05) is 0 Å². The van der Waals surface area contributed by atoms with Gasteiger partial charge in [0.2, 0.25) is 5.91 Å². The Kier molecular flexibility index (Phi) is 5.35. The second-order valence-corrected chi connectivity index (χ2v) is 6.19. The van der Waals surface area contributed by atoms with Gasteiger partial charge in [-0.25, -0.2) is 0 Å². The number of hydrogen-bond donors (Lipinski definition) is 3. The van der Waals surface area contributed by atoms with Crippen molar-refractivity contribution < 1.29 is 19.8 Å². The highest BCUT2D eigenvalue weighted by Crippen LogP contribution is 2.28. The maximum Gasteiger partial charge on any atom is 0.306 e. The molecule has 0 aliphatic carbocycles. The van der Waals surface area contributed by atoms with Crippen molar-refractivity contribution in [3.8, 4) is 0 Å². The molecule has 5 nitrogen and oxygen atoms in total. The SMILES string of the molecule is CC(C)[C@H](C[C@H](O)[C@@H]1C[C@@H](C(C)C)C(=O)N1)C(=O)O. The Morgan fingerprint density at radius 2 is 1.95 bits per heavy atom. The Labute approximate surface area is 114 Å².